The highest BCUT2D eigenvalue weighted by molar-refractivity contribution is 5.95. The molecule has 0 aliphatic rings. The van der Waals surface area contributed by atoms with Gasteiger partial charge in [0.25, 0.3) is 5.91 Å². The molecule has 21 heavy (non-hydrogen) atoms. The predicted octanol–water partition coefficient (Wildman–Crippen LogP) is 2.72. The lowest BCUT2D eigenvalue weighted by Crippen LogP contribution is -2.26. The van der Waals surface area contributed by atoms with Gasteiger partial charge in [-0.2, -0.15) is 5.26 Å². The van der Waals surface area contributed by atoms with Crippen LogP contribution in [0.5, 0.6) is 0 Å². The topological polar surface area (TPSA) is 70.1 Å². The molecular formula is C17H17N3O. The van der Waals surface area contributed by atoms with E-state index in [1.165, 1.54) is 0 Å². The van der Waals surface area contributed by atoms with Gasteiger partial charge in [0.2, 0.25) is 0 Å². The van der Waals surface area contributed by atoms with Crippen LogP contribution in [-0.2, 0) is 6.54 Å². The first-order valence-corrected chi connectivity index (χ1v) is 6.61. The zero-order chi connectivity index (χ0) is 15.4. The zero-order valence-electron chi connectivity index (χ0n) is 12.1. The fraction of sp³-hybridized carbons (Fsp3) is 0.176. The van der Waals surface area contributed by atoms with E-state index in [0.717, 1.165) is 11.1 Å². The summed E-state index contributed by atoms with van der Waals surface area (Å²) in [4.78, 5) is 14.0. The summed E-state index contributed by atoms with van der Waals surface area (Å²) in [5.41, 5.74) is 9.51. The number of carbonyl (C=O) groups excluding carboxylic acids is 1. The monoisotopic (exact) mass is 279 g/mol. The molecule has 4 heteroatoms. The van der Waals surface area contributed by atoms with E-state index < -0.39 is 0 Å². The summed E-state index contributed by atoms with van der Waals surface area (Å²) in [6.07, 6.45) is 0. The van der Waals surface area contributed by atoms with Crippen LogP contribution in [0.15, 0.2) is 42.5 Å². The Hall–Kier alpha value is -2.80. The number of nitrogen functional groups attached to an aromatic ring is 1. The van der Waals surface area contributed by atoms with Crippen LogP contribution in [0.25, 0.3) is 0 Å². The van der Waals surface area contributed by atoms with Gasteiger partial charge in [-0.3, -0.25) is 4.79 Å². The van der Waals surface area contributed by atoms with Crippen LogP contribution in [0, 0.1) is 18.3 Å². The van der Waals surface area contributed by atoms with Crippen LogP contribution in [0.1, 0.15) is 27.0 Å². The highest BCUT2D eigenvalue weighted by atomic mass is 16.2. The normalized spacial score (nSPS) is 9.95. The number of carbonyl (C=O) groups is 1. The van der Waals surface area contributed by atoms with Gasteiger partial charge in [0.1, 0.15) is 0 Å². The van der Waals surface area contributed by atoms with E-state index in [-0.39, 0.29) is 5.91 Å². The zero-order valence-corrected chi connectivity index (χ0v) is 12.1. The van der Waals surface area contributed by atoms with Crippen LogP contribution in [-0.4, -0.2) is 17.9 Å². The molecule has 2 N–H and O–H groups in total. The molecule has 0 fully saturated rings. The molecule has 0 spiro atoms. The van der Waals surface area contributed by atoms with E-state index >= 15 is 0 Å². The number of amides is 1. The van der Waals surface area contributed by atoms with Gasteiger partial charge in [-0.1, -0.05) is 12.1 Å². The van der Waals surface area contributed by atoms with Crippen LogP contribution >= 0.6 is 0 Å². The average molecular weight is 279 g/mol. The van der Waals surface area contributed by atoms with Gasteiger partial charge >= 0.3 is 0 Å². The molecule has 0 aliphatic carbocycles. The van der Waals surface area contributed by atoms with Gasteiger partial charge in [0, 0.05) is 24.8 Å². The van der Waals surface area contributed by atoms with Gasteiger partial charge in [0.15, 0.2) is 0 Å². The summed E-state index contributed by atoms with van der Waals surface area (Å²) < 4.78 is 0. The molecule has 0 aliphatic heterocycles. The first-order chi connectivity index (χ1) is 9.99. The number of nitriles is 1. The summed E-state index contributed by atoms with van der Waals surface area (Å²) >= 11 is 0. The number of hydrogen-bond acceptors (Lipinski definition) is 3. The molecule has 2 aromatic carbocycles. The highest BCUT2D eigenvalue weighted by Gasteiger charge is 2.13. The van der Waals surface area contributed by atoms with Crippen LogP contribution < -0.4 is 5.73 Å². The molecular weight excluding hydrogens is 262 g/mol. The Morgan fingerprint density at radius 3 is 2.48 bits per heavy atom. The van der Waals surface area contributed by atoms with Crippen molar-refractivity contribution in [1.29, 1.82) is 5.26 Å². The first-order valence-electron chi connectivity index (χ1n) is 6.61. The number of aryl methyl sites for hydroxylation is 1. The van der Waals surface area contributed by atoms with Crippen molar-refractivity contribution in [3.8, 4) is 6.07 Å². The smallest absolute Gasteiger partial charge is 0.253 e. The Morgan fingerprint density at radius 1 is 1.24 bits per heavy atom. The summed E-state index contributed by atoms with van der Waals surface area (Å²) in [7, 11) is 1.75. The third-order valence-corrected chi connectivity index (χ3v) is 3.20. The van der Waals surface area contributed by atoms with Crippen molar-refractivity contribution in [2.24, 2.45) is 0 Å². The van der Waals surface area contributed by atoms with E-state index in [9.17, 15) is 4.79 Å². The van der Waals surface area contributed by atoms with E-state index in [1.54, 1.807) is 30.1 Å². The van der Waals surface area contributed by atoms with Crippen LogP contribution in [0.4, 0.5) is 5.69 Å². The number of nitrogens with two attached hydrogens (primary N) is 1. The number of hydrogen-bond donors (Lipinski definition) is 1. The molecule has 0 radical (unpaired) electrons. The van der Waals surface area contributed by atoms with Gasteiger partial charge in [-0.15, -0.1) is 0 Å². The van der Waals surface area contributed by atoms with Gasteiger partial charge in [0.05, 0.1) is 11.6 Å². The number of benzene rings is 2. The largest absolute Gasteiger partial charge is 0.399 e. The molecule has 106 valence electrons. The lowest BCUT2D eigenvalue weighted by Gasteiger charge is -2.18. The molecule has 2 aromatic rings. The molecule has 1 amide bonds. The fourth-order valence-electron chi connectivity index (χ4n) is 2.19. The van der Waals surface area contributed by atoms with Crippen molar-refractivity contribution in [1.82, 2.24) is 4.90 Å². The average Bonchev–Trinajstić information content (AvgIpc) is 2.46. The second-order valence-electron chi connectivity index (χ2n) is 5.10. The molecule has 0 saturated carbocycles. The van der Waals surface area contributed by atoms with E-state index in [0.29, 0.717) is 23.4 Å². The standard InChI is InChI=1S/C17H17N3O/c1-12-7-15(9-16(19)8-12)17(21)20(2)11-14-5-3-13(10-18)4-6-14/h3-9H,11,19H2,1-2H3. The van der Waals surface area contributed by atoms with E-state index in [1.807, 2.05) is 31.2 Å². The van der Waals surface area contributed by atoms with Crippen molar-refractivity contribution in [3.63, 3.8) is 0 Å². The maximum absolute atomic E-state index is 12.4. The Morgan fingerprint density at radius 2 is 1.90 bits per heavy atom. The molecule has 0 bridgehead atoms. The Balaban J connectivity index is 2.13. The summed E-state index contributed by atoms with van der Waals surface area (Å²) in [6, 6.07) is 14.6. The number of nitrogens with zero attached hydrogens (tertiary/aromatic N) is 2. The molecule has 4 nitrogen and oxygen atoms in total. The molecule has 2 rings (SSSR count). The van der Waals surface area contributed by atoms with E-state index in [4.69, 9.17) is 11.0 Å². The maximum atomic E-state index is 12.4. The van der Waals surface area contributed by atoms with Crippen molar-refractivity contribution in [2.75, 3.05) is 12.8 Å². The second-order valence-corrected chi connectivity index (χ2v) is 5.10. The lowest BCUT2D eigenvalue weighted by atomic mass is 10.1. The highest BCUT2D eigenvalue weighted by Crippen LogP contribution is 2.14. The summed E-state index contributed by atoms with van der Waals surface area (Å²) in [5.74, 6) is -0.0743. The SMILES string of the molecule is Cc1cc(N)cc(C(=O)N(C)Cc2ccc(C#N)cc2)c1. The van der Waals surface area contributed by atoms with Crippen LogP contribution in [0.3, 0.4) is 0 Å². The minimum absolute atomic E-state index is 0.0743. The molecule has 0 aromatic heterocycles. The molecule has 0 atom stereocenters. The van der Waals surface area contributed by atoms with Gasteiger partial charge in [-0.25, -0.2) is 0 Å². The first kappa shape index (κ1) is 14.6. The summed E-state index contributed by atoms with van der Waals surface area (Å²) in [6.45, 7) is 2.39. The number of rotatable bonds is 3. The minimum atomic E-state index is -0.0743. The molecule has 0 saturated heterocycles. The van der Waals surface area contributed by atoms with Crippen molar-refractivity contribution in [2.45, 2.75) is 13.5 Å². The quantitative estimate of drug-likeness (QED) is 0.878. The lowest BCUT2D eigenvalue weighted by molar-refractivity contribution is 0.0785. The third-order valence-electron chi connectivity index (χ3n) is 3.20. The minimum Gasteiger partial charge on any atom is -0.399 e. The fourth-order valence-corrected chi connectivity index (χ4v) is 2.19. The van der Waals surface area contributed by atoms with Gasteiger partial charge in [-0.05, 0) is 48.4 Å². The molecule has 0 unspecified atom stereocenters. The summed E-state index contributed by atoms with van der Waals surface area (Å²) in [5, 5.41) is 8.77. The Bertz CT molecular complexity index is 679. The Kier molecular flexibility index (Phi) is 4.24. The van der Waals surface area contributed by atoms with E-state index in [2.05, 4.69) is 6.07 Å². The van der Waals surface area contributed by atoms with Crippen LogP contribution in [0.2, 0.25) is 0 Å². The molecule has 0 heterocycles. The Labute approximate surface area is 124 Å². The van der Waals surface area contributed by atoms with Crippen molar-refractivity contribution in [3.05, 3.63) is 64.7 Å². The maximum Gasteiger partial charge on any atom is 0.253 e. The number of anilines is 1. The second kappa shape index (κ2) is 6.10. The van der Waals surface area contributed by atoms with Crippen molar-refractivity contribution >= 4 is 11.6 Å². The predicted molar refractivity (Wildman–Crippen MR) is 82.5 cm³/mol. The third kappa shape index (κ3) is 3.61. The van der Waals surface area contributed by atoms with Gasteiger partial charge < -0.3 is 10.6 Å². The van der Waals surface area contributed by atoms with Crippen molar-refractivity contribution < 1.29 is 4.79 Å².